The van der Waals surface area contributed by atoms with Crippen LogP contribution in [-0.2, 0) is 9.59 Å². The molecule has 3 rings (SSSR count). The number of hydrogen-bond acceptors (Lipinski definition) is 7. The number of carbonyl (C=O) groups is 3. The van der Waals surface area contributed by atoms with Gasteiger partial charge in [0.1, 0.15) is 18.9 Å². The van der Waals surface area contributed by atoms with Crippen LogP contribution in [0.5, 0.6) is 17.2 Å². The van der Waals surface area contributed by atoms with Gasteiger partial charge in [0.2, 0.25) is 5.91 Å². The first kappa shape index (κ1) is 24.2. The molecule has 0 atom stereocenters. The molecule has 33 heavy (non-hydrogen) atoms. The number of benzene rings is 2. The number of anilines is 1. The van der Waals surface area contributed by atoms with Gasteiger partial charge in [-0.3, -0.25) is 19.3 Å². The monoisotopic (exact) mass is 530 g/mol. The maximum atomic E-state index is 12.8. The van der Waals surface area contributed by atoms with E-state index >= 15 is 0 Å². The van der Waals surface area contributed by atoms with E-state index in [4.69, 9.17) is 20.6 Å². The van der Waals surface area contributed by atoms with Crippen LogP contribution in [0.25, 0.3) is 6.08 Å². The summed E-state index contributed by atoms with van der Waals surface area (Å²) in [6, 6.07) is 10.1. The maximum absolute atomic E-state index is 12.8. The molecule has 1 N–H and O–H groups in total. The molecule has 0 aromatic heterocycles. The summed E-state index contributed by atoms with van der Waals surface area (Å²) in [5, 5.41) is 2.12. The van der Waals surface area contributed by atoms with E-state index in [9.17, 15) is 14.4 Å². The van der Waals surface area contributed by atoms with Crippen molar-refractivity contribution in [1.82, 2.24) is 4.90 Å². The highest BCUT2D eigenvalue weighted by atomic mass is 79.9. The summed E-state index contributed by atoms with van der Waals surface area (Å²) in [5.74, 6) is 2.80. The number of carbonyl (C=O) groups excluding carboxylic acids is 3. The van der Waals surface area contributed by atoms with Crippen LogP contribution in [0.4, 0.5) is 10.5 Å². The van der Waals surface area contributed by atoms with Gasteiger partial charge in [0.05, 0.1) is 23.6 Å². The van der Waals surface area contributed by atoms with Crippen LogP contribution in [0.15, 0.2) is 45.8 Å². The van der Waals surface area contributed by atoms with Crippen molar-refractivity contribution in [1.29, 1.82) is 0 Å². The van der Waals surface area contributed by atoms with Crippen LogP contribution in [0.3, 0.4) is 0 Å². The number of imide groups is 1. The van der Waals surface area contributed by atoms with Crippen molar-refractivity contribution in [2.45, 2.75) is 0 Å². The van der Waals surface area contributed by atoms with Gasteiger partial charge in [-0.15, -0.1) is 6.42 Å². The van der Waals surface area contributed by atoms with Gasteiger partial charge < -0.3 is 19.5 Å². The average molecular weight is 531 g/mol. The summed E-state index contributed by atoms with van der Waals surface area (Å²) in [6.45, 7) is -0.342. The molecule has 2 aromatic carbocycles. The fourth-order valence-corrected chi connectivity index (χ4v) is 4.30. The number of hydrogen-bond donors (Lipinski definition) is 1. The molecule has 10 heteroatoms. The van der Waals surface area contributed by atoms with Crippen LogP contribution in [0, 0.1) is 12.3 Å². The van der Waals surface area contributed by atoms with Crippen molar-refractivity contribution in [3.8, 4) is 29.6 Å². The number of halogens is 1. The minimum absolute atomic E-state index is 0.0613. The second-order valence-corrected chi connectivity index (χ2v) is 8.42. The third-order valence-electron chi connectivity index (χ3n) is 4.40. The summed E-state index contributed by atoms with van der Waals surface area (Å²) in [7, 11) is 3.01. The summed E-state index contributed by atoms with van der Waals surface area (Å²) < 4.78 is 16.5. The zero-order valence-corrected chi connectivity index (χ0v) is 20.1. The Kier molecular flexibility index (Phi) is 8.03. The van der Waals surface area contributed by atoms with Crippen LogP contribution < -0.4 is 19.5 Å². The van der Waals surface area contributed by atoms with Gasteiger partial charge in [-0.2, -0.15) is 0 Å². The first-order valence-corrected chi connectivity index (χ1v) is 11.1. The number of nitrogens with zero attached hydrogens (tertiary/aromatic N) is 1. The Morgan fingerprint density at radius 3 is 2.58 bits per heavy atom. The summed E-state index contributed by atoms with van der Waals surface area (Å²) in [4.78, 5) is 38.6. The Morgan fingerprint density at radius 2 is 1.94 bits per heavy atom. The van der Waals surface area contributed by atoms with Crippen molar-refractivity contribution < 1.29 is 28.6 Å². The van der Waals surface area contributed by atoms with Gasteiger partial charge in [0.25, 0.3) is 11.1 Å². The lowest BCUT2D eigenvalue weighted by Gasteiger charge is -2.13. The minimum atomic E-state index is -0.558. The molecule has 170 valence electrons. The molecular weight excluding hydrogens is 512 g/mol. The highest BCUT2D eigenvalue weighted by Gasteiger charge is 2.36. The normalized spacial score (nSPS) is 14.2. The number of ether oxygens (including phenoxy) is 3. The number of methoxy groups -OCH3 is 2. The molecular formula is C23H19BrN2O6S. The van der Waals surface area contributed by atoms with Gasteiger partial charge >= 0.3 is 0 Å². The molecule has 0 unspecified atom stereocenters. The van der Waals surface area contributed by atoms with Crippen LogP contribution in [0.1, 0.15) is 5.56 Å². The number of nitrogens with one attached hydrogen (secondary N) is 1. The van der Waals surface area contributed by atoms with Crippen molar-refractivity contribution in [2.24, 2.45) is 0 Å². The van der Waals surface area contributed by atoms with Gasteiger partial charge in [-0.05, 0) is 75.7 Å². The predicted molar refractivity (Wildman–Crippen MR) is 129 cm³/mol. The Bertz CT molecular complexity index is 1160. The SMILES string of the molecule is C#CCOc1c(Br)cc(/C=C2\SC(=O)N(CC(=O)Nc3ccc(OC)cc3)C2=O)cc1OC. The largest absolute Gasteiger partial charge is 0.497 e. The molecule has 0 bridgehead atoms. The summed E-state index contributed by atoms with van der Waals surface area (Å²) in [5.41, 5.74) is 1.12. The van der Waals surface area contributed by atoms with Gasteiger partial charge in [0.15, 0.2) is 11.5 Å². The highest BCUT2D eigenvalue weighted by Crippen LogP contribution is 2.39. The Morgan fingerprint density at radius 1 is 1.21 bits per heavy atom. The number of thioether (sulfide) groups is 1. The number of terminal acetylenes is 1. The number of rotatable bonds is 8. The van der Waals surface area contributed by atoms with E-state index in [0.717, 1.165) is 16.7 Å². The highest BCUT2D eigenvalue weighted by molar-refractivity contribution is 9.10. The van der Waals surface area contributed by atoms with Gasteiger partial charge in [-0.25, -0.2) is 0 Å². The van der Waals surface area contributed by atoms with E-state index in [1.165, 1.54) is 14.2 Å². The van der Waals surface area contributed by atoms with Crippen LogP contribution in [0.2, 0.25) is 0 Å². The molecule has 0 spiro atoms. The Hall–Kier alpha value is -3.42. The molecule has 1 aliphatic heterocycles. The van der Waals surface area contributed by atoms with E-state index in [1.54, 1.807) is 42.5 Å². The fraction of sp³-hybridized carbons (Fsp3) is 0.174. The summed E-state index contributed by atoms with van der Waals surface area (Å²) in [6.07, 6.45) is 6.78. The van der Waals surface area contributed by atoms with E-state index in [2.05, 4.69) is 27.2 Å². The first-order chi connectivity index (χ1) is 15.9. The van der Waals surface area contributed by atoms with Crippen LogP contribution in [-0.4, -0.2) is 49.3 Å². The number of amides is 3. The average Bonchev–Trinajstić information content (AvgIpc) is 3.05. The molecule has 0 radical (unpaired) electrons. The quantitative estimate of drug-likeness (QED) is 0.404. The predicted octanol–water partition coefficient (Wildman–Crippen LogP) is 4.15. The third-order valence-corrected chi connectivity index (χ3v) is 5.89. The molecule has 1 fully saturated rings. The second-order valence-electron chi connectivity index (χ2n) is 6.57. The molecule has 1 heterocycles. The fourth-order valence-electron chi connectivity index (χ4n) is 2.88. The van der Waals surface area contributed by atoms with E-state index < -0.39 is 23.6 Å². The van der Waals surface area contributed by atoms with Gasteiger partial charge in [-0.1, -0.05) is 5.92 Å². The maximum Gasteiger partial charge on any atom is 0.294 e. The second kappa shape index (κ2) is 10.9. The standard InChI is InChI=1S/C23H19BrN2O6S/c1-4-9-32-21-17(24)10-14(11-18(21)31-3)12-19-22(28)26(23(29)33-19)13-20(27)25-15-5-7-16(30-2)8-6-15/h1,5-8,10-12H,9,13H2,2-3H3,(H,25,27)/b19-12-. The van der Waals surface area contributed by atoms with Crippen LogP contribution >= 0.6 is 27.7 Å². The minimum Gasteiger partial charge on any atom is -0.497 e. The molecule has 1 aliphatic rings. The lowest BCUT2D eigenvalue weighted by Crippen LogP contribution is -2.36. The lowest BCUT2D eigenvalue weighted by atomic mass is 10.2. The summed E-state index contributed by atoms with van der Waals surface area (Å²) >= 11 is 4.15. The topological polar surface area (TPSA) is 94.2 Å². The molecule has 3 amide bonds. The van der Waals surface area contributed by atoms with Gasteiger partial charge in [0, 0.05) is 5.69 Å². The Balaban J connectivity index is 1.73. The Labute approximate surface area is 203 Å². The molecule has 8 nitrogen and oxygen atoms in total. The zero-order valence-electron chi connectivity index (χ0n) is 17.7. The third kappa shape index (κ3) is 5.88. The van der Waals surface area contributed by atoms with E-state index in [0.29, 0.717) is 33.0 Å². The van der Waals surface area contributed by atoms with E-state index in [1.807, 2.05) is 0 Å². The first-order valence-electron chi connectivity index (χ1n) is 9.49. The molecule has 0 saturated carbocycles. The molecule has 2 aromatic rings. The smallest absolute Gasteiger partial charge is 0.294 e. The van der Waals surface area contributed by atoms with Crippen molar-refractivity contribution in [3.63, 3.8) is 0 Å². The molecule has 0 aliphatic carbocycles. The van der Waals surface area contributed by atoms with Crippen molar-refractivity contribution in [2.75, 3.05) is 32.7 Å². The van der Waals surface area contributed by atoms with Crippen molar-refractivity contribution in [3.05, 3.63) is 51.3 Å². The van der Waals surface area contributed by atoms with Crippen molar-refractivity contribution >= 4 is 56.5 Å². The zero-order chi connectivity index (χ0) is 24.0. The lowest BCUT2D eigenvalue weighted by molar-refractivity contribution is -0.127. The van der Waals surface area contributed by atoms with E-state index in [-0.39, 0.29) is 11.5 Å². The molecule has 1 saturated heterocycles.